The first-order valence-corrected chi connectivity index (χ1v) is 10.4. The van der Waals surface area contributed by atoms with Gasteiger partial charge in [0.2, 0.25) is 0 Å². The van der Waals surface area contributed by atoms with Gasteiger partial charge in [-0.05, 0) is 30.7 Å². The van der Waals surface area contributed by atoms with Gasteiger partial charge < -0.3 is 14.7 Å². The second kappa shape index (κ2) is 8.80. The van der Waals surface area contributed by atoms with E-state index < -0.39 is 0 Å². The van der Waals surface area contributed by atoms with Crippen molar-refractivity contribution >= 4 is 28.4 Å². The minimum Gasteiger partial charge on any atom is -0.510 e. The molecule has 9 heteroatoms. The molecule has 3 aromatic heterocycles. The summed E-state index contributed by atoms with van der Waals surface area (Å²) in [6.07, 6.45) is 4.34. The van der Waals surface area contributed by atoms with Crippen LogP contribution in [-0.2, 0) is 6.54 Å². The molecule has 0 radical (unpaired) electrons. The summed E-state index contributed by atoms with van der Waals surface area (Å²) in [5.74, 6) is 1.23. The van der Waals surface area contributed by atoms with Crippen LogP contribution in [0.1, 0.15) is 19.2 Å². The molecule has 0 bridgehead atoms. The molecule has 0 aliphatic rings. The summed E-state index contributed by atoms with van der Waals surface area (Å²) < 4.78 is 2.01. The van der Waals surface area contributed by atoms with Gasteiger partial charge in [0.05, 0.1) is 16.8 Å². The van der Waals surface area contributed by atoms with Crippen molar-refractivity contribution in [2.24, 2.45) is 0 Å². The van der Waals surface area contributed by atoms with E-state index in [-0.39, 0.29) is 17.1 Å². The lowest BCUT2D eigenvalue weighted by Crippen LogP contribution is -2.03. The number of aliphatic hydroxyl groups excluding tert-OH is 1. The van der Waals surface area contributed by atoms with Gasteiger partial charge in [0.1, 0.15) is 17.4 Å². The van der Waals surface area contributed by atoms with Crippen LogP contribution < -0.4 is 0 Å². The van der Waals surface area contributed by atoms with Gasteiger partial charge in [-0.2, -0.15) is 5.26 Å². The highest BCUT2D eigenvalue weighted by atomic mass is 32.2. The number of fused-ring (bicyclic) bond motifs is 1. The van der Waals surface area contributed by atoms with Crippen molar-refractivity contribution in [3.05, 3.63) is 60.4 Å². The molecule has 0 aliphatic carbocycles. The Morgan fingerprint density at radius 1 is 1.20 bits per heavy atom. The molecule has 150 valence electrons. The fourth-order valence-corrected chi connectivity index (χ4v) is 3.91. The van der Waals surface area contributed by atoms with E-state index in [0.717, 1.165) is 35.4 Å². The molecule has 30 heavy (non-hydrogen) atoms. The molecule has 8 nitrogen and oxygen atoms in total. The number of aliphatic hydroxyl groups is 1. The Hall–Kier alpha value is -3.64. The zero-order valence-corrected chi connectivity index (χ0v) is 17.1. The molecule has 0 aliphatic heterocycles. The number of thioether (sulfide) groups is 1. The van der Waals surface area contributed by atoms with Gasteiger partial charge in [-0.25, -0.2) is 4.98 Å². The van der Waals surface area contributed by atoms with Crippen molar-refractivity contribution < 1.29 is 5.11 Å². The summed E-state index contributed by atoms with van der Waals surface area (Å²) in [5, 5.41) is 29.5. The predicted molar refractivity (Wildman–Crippen MR) is 116 cm³/mol. The summed E-state index contributed by atoms with van der Waals surface area (Å²) in [4.78, 5) is 11.5. The summed E-state index contributed by atoms with van der Waals surface area (Å²) in [7, 11) is 0. The van der Waals surface area contributed by atoms with Crippen LogP contribution in [0.15, 0.2) is 59.7 Å². The molecular weight excluding hydrogens is 398 g/mol. The van der Waals surface area contributed by atoms with E-state index in [4.69, 9.17) is 0 Å². The van der Waals surface area contributed by atoms with Crippen molar-refractivity contribution in [3.63, 3.8) is 0 Å². The van der Waals surface area contributed by atoms with Crippen LogP contribution in [0.5, 0.6) is 0 Å². The summed E-state index contributed by atoms with van der Waals surface area (Å²) in [5.41, 5.74) is 2.60. The van der Waals surface area contributed by atoms with Gasteiger partial charge in [0, 0.05) is 24.5 Å². The first-order chi connectivity index (χ1) is 14.7. The number of H-pyrrole nitrogens is 1. The average molecular weight is 417 g/mol. The zero-order valence-electron chi connectivity index (χ0n) is 16.3. The van der Waals surface area contributed by atoms with E-state index in [0.29, 0.717) is 11.0 Å². The Morgan fingerprint density at radius 2 is 2.00 bits per heavy atom. The Morgan fingerprint density at radius 3 is 2.73 bits per heavy atom. The van der Waals surface area contributed by atoms with Crippen molar-refractivity contribution in [2.75, 3.05) is 5.75 Å². The normalized spacial score (nSPS) is 12.0. The van der Waals surface area contributed by atoms with Crippen molar-refractivity contribution in [1.29, 1.82) is 5.26 Å². The molecule has 1 aromatic carbocycles. The SMILES string of the molecule is CCCn1c(SC/C(O)=C(\C#N)c2nc3ccccc3[nH]2)nnc1-c1ccncc1. The van der Waals surface area contributed by atoms with E-state index in [2.05, 4.69) is 38.1 Å². The van der Waals surface area contributed by atoms with Gasteiger partial charge >= 0.3 is 0 Å². The first-order valence-electron chi connectivity index (χ1n) is 9.45. The molecule has 4 rings (SSSR count). The van der Waals surface area contributed by atoms with Crippen LogP contribution in [-0.4, -0.2) is 40.6 Å². The second-order valence-electron chi connectivity index (χ2n) is 6.52. The number of aromatic amines is 1. The number of hydrogen-bond acceptors (Lipinski definition) is 7. The minimum absolute atomic E-state index is 0.0573. The summed E-state index contributed by atoms with van der Waals surface area (Å²) >= 11 is 1.33. The molecule has 2 N–H and O–H groups in total. The Labute approximate surface area is 177 Å². The highest BCUT2D eigenvalue weighted by Crippen LogP contribution is 2.27. The first kappa shape index (κ1) is 19.7. The summed E-state index contributed by atoms with van der Waals surface area (Å²) in [6, 6.07) is 13.3. The molecule has 0 fully saturated rings. The largest absolute Gasteiger partial charge is 0.510 e. The molecule has 0 saturated carbocycles. The average Bonchev–Trinajstić information content (AvgIpc) is 3.38. The maximum absolute atomic E-state index is 10.6. The molecule has 0 atom stereocenters. The zero-order chi connectivity index (χ0) is 20.9. The van der Waals surface area contributed by atoms with Gasteiger partial charge in [-0.15, -0.1) is 10.2 Å². The lowest BCUT2D eigenvalue weighted by molar-refractivity contribution is 0.420. The highest BCUT2D eigenvalue weighted by molar-refractivity contribution is 7.99. The van der Waals surface area contributed by atoms with E-state index >= 15 is 0 Å². The van der Waals surface area contributed by atoms with Crippen LogP contribution in [0.2, 0.25) is 0 Å². The number of nitriles is 1. The molecular formula is C21H19N7OS. The number of rotatable bonds is 7. The smallest absolute Gasteiger partial charge is 0.191 e. The third kappa shape index (κ3) is 3.90. The number of pyridine rings is 1. The number of imidazole rings is 1. The Bertz CT molecular complexity index is 1200. The number of aromatic nitrogens is 6. The fourth-order valence-electron chi connectivity index (χ4n) is 3.07. The van der Waals surface area contributed by atoms with Gasteiger partial charge in [-0.3, -0.25) is 4.98 Å². The van der Waals surface area contributed by atoms with Crippen LogP contribution >= 0.6 is 11.8 Å². The third-order valence-corrected chi connectivity index (χ3v) is 5.45. The fraction of sp³-hybridized carbons (Fsp3) is 0.190. The van der Waals surface area contributed by atoms with E-state index in [1.54, 1.807) is 12.4 Å². The number of nitrogens with zero attached hydrogens (tertiary/aromatic N) is 6. The third-order valence-electron chi connectivity index (χ3n) is 4.47. The molecule has 3 heterocycles. The number of para-hydroxylation sites is 2. The van der Waals surface area contributed by atoms with Crippen LogP contribution in [0.3, 0.4) is 0 Å². The quantitative estimate of drug-likeness (QED) is 0.263. The van der Waals surface area contributed by atoms with E-state index in [9.17, 15) is 10.4 Å². The molecule has 0 saturated heterocycles. The molecule has 0 spiro atoms. The maximum atomic E-state index is 10.6. The monoisotopic (exact) mass is 417 g/mol. The molecule has 4 aromatic rings. The van der Waals surface area contributed by atoms with Crippen LogP contribution in [0.4, 0.5) is 0 Å². The van der Waals surface area contributed by atoms with E-state index in [1.165, 1.54) is 11.8 Å². The second-order valence-corrected chi connectivity index (χ2v) is 7.46. The molecule has 0 amide bonds. The summed E-state index contributed by atoms with van der Waals surface area (Å²) in [6.45, 7) is 2.82. The van der Waals surface area contributed by atoms with Gasteiger partial charge in [0.25, 0.3) is 0 Å². The van der Waals surface area contributed by atoms with Gasteiger partial charge in [0.15, 0.2) is 16.8 Å². The number of nitrogens with one attached hydrogen (secondary N) is 1. The lowest BCUT2D eigenvalue weighted by atomic mass is 10.2. The van der Waals surface area contributed by atoms with Crippen LogP contribution in [0.25, 0.3) is 28.0 Å². The van der Waals surface area contributed by atoms with E-state index in [1.807, 2.05) is 41.0 Å². The maximum Gasteiger partial charge on any atom is 0.191 e. The topological polar surface area (TPSA) is 116 Å². The van der Waals surface area contributed by atoms with Crippen LogP contribution in [0, 0.1) is 11.3 Å². The van der Waals surface area contributed by atoms with Crippen molar-refractivity contribution in [2.45, 2.75) is 25.0 Å². The standard InChI is InChI=1S/C21H19N7OS/c1-2-11-28-20(14-7-9-23-10-8-14)26-27-21(28)30-13-18(29)15(12-22)19-24-16-5-3-4-6-17(16)25-19/h3-10,29H,2,11,13H2,1H3,(H,24,25)/b18-15-. The predicted octanol–water partition coefficient (Wildman–Crippen LogP) is 4.21. The minimum atomic E-state index is -0.0573. The number of allylic oxidation sites excluding steroid dienone is 1. The Balaban J connectivity index is 1.60. The molecule has 0 unspecified atom stereocenters. The van der Waals surface area contributed by atoms with Gasteiger partial charge in [-0.1, -0.05) is 30.8 Å². The highest BCUT2D eigenvalue weighted by Gasteiger charge is 2.17. The number of hydrogen-bond donors (Lipinski definition) is 2. The Kier molecular flexibility index (Phi) is 5.77. The number of benzene rings is 1. The van der Waals surface area contributed by atoms with Crippen molar-refractivity contribution in [3.8, 4) is 17.5 Å². The lowest BCUT2D eigenvalue weighted by Gasteiger charge is -2.09. The van der Waals surface area contributed by atoms with Crippen molar-refractivity contribution in [1.82, 2.24) is 29.7 Å².